The fraction of sp³-hybridized carbons (Fsp3) is 0.294. The number of nitrogens with one attached hydrogen (secondary N) is 1. The van der Waals surface area contributed by atoms with Crippen molar-refractivity contribution in [3.8, 4) is 5.75 Å². The van der Waals surface area contributed by atoms with Gasteiger partial charge in [0.25, 0.3) is 0 Å². The molecule has 0 saturated carbocycles. The van der Waals surface area contributed by atoms with E-state index in [9.17, 15) is 5.11 Å². The van der Waals surface area contributed by atoms with Crippen LogP contribution in [0.25, 0.3) is 0 Å². The molecule has 2 aromatic carbocycles. The molecule has 2 atom stereocenters. The maximum Gasteiger partial charge on any atom is 0.139 e. The summed E-state index contributed by atoms with van der Waals surface area (Å²) < 4.78 is 5.51. The van der Waals surface area contributed by atoms with Gasteiger partial charge in [-0.1, -0.05) is 46.9 Å². The Labute approximate surface area is 151 Å². The van der Waals surface area contributed by atoms with Crippen molar-refractivity contribution in [3.63, 3.8) is 0 Å². The van der Waals surface area contributed by atoms with Crippen LogP contribution in [0.2, 0.25) is 15.1 Å². The van der Waals surface area contributed by atoms with Gasteiger partial charge in [0.2, 0.25) is 0 Å². The van der Waals surface area contributed by atoms with Crippen LogP contribution in [0.4, 0.5) is 0 Å². The van der Waals surface area contributed by atoms with Crippen LogP contribution in [0.3, 0.4) is 0 Å². The Morgan fingerprint density at radius 2 is 1.83 bits per heavy atom. The average Bonchev–Trinajstić information content (AvgIpc) is 2.53. The summed E-state index contributed by atoms with van der Waals surface area (Å²) in [5, 5.41) is 15.0. The van der Waals surface area contributed by atoms with E-state index in [1.54, 1.807) is 18.2 Å². The van der Waals surface area contributed by atoms with Crippen LogP contribution in [-0.2, 0) is 0 Å². The lowest BCUT2D eigenvalue weighted by atomic mass is 10.1. The minimum Gasteiger partial charge on any atom is -0.489 e. The second-order valence-corrected chi connectivity index (χ2v) is 6.50. The molecule has 124 valence electrons. The fourth-order valence-corrected chi connectivity index (χ4v) is 2.57. The van der Waals surface area contributed by atoms with Crippen LogP contribution in [0.15, 0.2) is 42.5 Å². The lowest BCUT2D eigenvalue weighted by Crippen LogP contribution is -2.33. The highest BCUT2D eigenvalue weighted by molar-refractivity contribution is 6.34. The van der Waals surface area contributed by atoms with Crippen molar-refractivity contribution >= 4 is 34.8 Å². The zero-order chi connectivity index (χ0) is 16.8. The van der Waals surface area contributed by atoms with Gasteiger partial charge < -0.3 is 15.2 Å². The standard InChI is InChI=1S/C17H18Cl3NO2/c1-11(12-3-2-4-13(18)7-12)21-9-15(22)10-23-17-8-14(19)5-6-16(17)20/h2-8,11,15,21-22H,9-10H2,1H3/t11-,15+/m0/s1. The van der Waals surface area contributed by atoms with Crippen LogP contribution in [-0.4, -0.2) is 24.4 Å². The number of halogens is 3. The van der Waals surface area contributed by atoms with Gasteiger partial charge in [-0.15, -0.1) is 0 Å². The van der Waals surface area contributed by atoms with Crippen molar-refractivity contribution in [2.45, 2.75) is 19.1 Å². The fourth-order valence-electron chi connectivity index (χ4n) is 2.04. The van der Waals surface area contributed by atoms with Crippen LogP contribution in [0.1, 0.15) is 18.5 Å². The van der Waals surface area contributed by atoms with E-state index in [0.29, 0.717) is 27.4 Å². The third kappa shape index (κ3) is 5.87. The first-order chi connectivity index (χ1) is 11.0. The molecule has 2 N–H and O–H groups in total. The highest BCUT2D eigenvalue weighted by Crippen LogP contribution is 2.27. The molecule has 3 nitrogen and oxygen atoms in total. The second-order valence-electron chi connectivity index (χ2n) is 5.22. The minimum atomic E-state index is -0.674. The minimum absolute atomic E-state index is 0.0677. The summed E-state index contributed by atoms with van der Waals surface area (Å²) in [5.41, 5.74) is 1.06. The number of benzene rings is 2. The number of ether oxygens (including phenoxy) is 1. The van der Waals surface area contributed by atoms with E-state index in [1.807, 2.05) is 31.2 Å². The molecule has 0 amide bonds. The van der Waals surface area contributed by atoms with Gasteiger partial charge in [0.1, 0.15) is 18.5 Å². The Kier molecular flexibility index (Phi) is 7.00. The predicted molar refractivity (Wildman–Crippen MR) is 95.8 cm³/mol. The first-order valence-corrected chi connectivity index (χ1v) is 8.34. The molecule has 0 aliphatic rings. The van der Waals surface area contributed by atoms with Crippen molar-refractivity contribution in [1.82, 2.24) is 5.32 Å². The second kappa shape index (κ2) is 8.76. The maximum atomic E-state index is 10.0. The van der Waals surface area contributed by atoms with Gasteiger partial charge in [-0.05, 0) is 36.8 Å². The summed E-state index contributed by atoms with van der Waals surface area (Å²) in [6.07, 6.45) is -0.674. The SMILES string of the molecule is C[C@H](NC[C@@H](O)COc1cc(Cl)ccc1Cl)c1cccc(Cl)c1. The van der Waals surface area contributed by atoms with E-state index >= 15 is 0 Å². The summed E-state index contributed by atoms with van der Waals surface area (Å²) in [6.45, 7) is 2.51. The average molecular weight is 375 g/mol. The third-order valence-electron chi connectivity index (χ3n) is 3.33. The quantitative estimate of drug-likeness (QED) is 0.735. The van der Waals surface area contributed by atoms with E-state index in [4.69, 9.17) is 39.5 Å². The number of aliphatic hydroxyl groups excluding tert-OH is 1. The number of aliphatic hydroxyl groups is 1. The Balaban J connectivity index is 1.81. The number of hydrogen-bond acceptors (Lipinski definition) is 3. The van der Waals surface area contributed by atoms with Crippen LogP contribution >= 0.6 is 34.8 Å². The van der Waals surface area contributed by atoms with E-state index < -0.39 is 6.10 Å². The zero-order valence-corrected chi connectivity index (χ0v) is 14.9. The van der Waals surface area contributed by atoms with E-state index in [-0.39, 0.29) is 12.6 Å². The van der Waals surface area contributed by atoms with Crippen LogP contribution in [0, 0.1) is 0 Å². The van der Waals surface area contributed by atoms with Crippen molar-refractivity contribution < 1.29 is 9.84 Å². The number of hydrogen-bond donors (Lipinski definition) is 2. The Morgan fingerprint density at radius 3 is 2.57 bits per heavy atom. The Bertz CT molecular complexity index is 651. The van der Waals surface area contributed by atoms with E-state index in [2.05, 4.69) is 5.32 Å². The Hall–Kier alpha value is -0.970. The molecule has 0 spiro atoms. The summed E-state index contributed by atoms with van der Waals surface area (Å²) in [6, 6.07) is 12.6. The van der Waals surface area contributed by atoms with Gasteiger partial charge in [-0.2, -0.15) is 0 Å². The van der Waals surface area contributed by atoms with Gasteiger partial charge in [0.05, 0.1) is 5.02 Å². The normalized spacial score (nSPS) is 13.6. The molecule has 0 unspecified atom stereocenters. The Morgan fingerprint density at radius 1 is 1.09 bits per heavy atom. The van der Waals surface area contributed by atoms with Gasteiger partial charge in [-0.3, -0.25) is 0 Å². The third-order valence-corrected chi connectivity index (χ3v) is 4.12. The molecule has 2 rings (SSSR count). The predicted octanol–water partition coefficient (Wildman–Crippen LogP) is 4.74. The summed E-state index contributed by atoms with van der Waals surface area (Å²) in [4.78, 5) is 0. The molecule has 0 fully saturated rings. The molecular weight excluding hydrogens is 357 g/mol. The summed E-state index contributed by atoms with van der Waals surface area (Å²) >= 11 is 17.9. The van der Waals surface area contributed by atoms with Gasteiger partial charge in [-0.25, -0.2) is 0 Å². The van der Waals surface area contributed by atoms with Gasteiger partial charge in [0, 0.05) is 28.7 Å². The highest BCUT2D eigenvalue weighted by Gasteiger charge is 2.11. The smallest absolute Gasteiger partial charge is 0.139 e. The van der Waals surface area contributed by atoms with Crippen LogP contribution < -0.4 is 10.1 Å². The number of rotatable bonds is 7. The molecule has 6 heteroatoms. The van der Waals surface area contributed by atoms with Gasteiger partial charge >= 0.3 is 0 Å². The molecule has 0 heterocycles. The molecule has 0 aromatic heterocycles. The van der Waals surface area contributed by atoms with Crippen molar-refractivity contribution in [2.75, 3.05) is 13.2 Å². The van der Waals surface area contributed by atoms with Crippen LogP contribution in [0.5, 0.6) is 5.75 Å². The molecule has 23 heavy (non-hydrogen) atoms. The largest absolute Gasteiger partial charge is 0.489 e. The highest BCUT2D eigenvalue weighted by atomic mass is 35.5. The van der Waals surface area contributed by atoms with E-state index in [1.165, 1.54) is 0 Å². The first kappa shape index (κ1) is 18.4. The topological polar surface area (TPSA) is 41.5 Å². The van der Waals surface area contributed by atoms with Crippen molar-refractivity contribution in [2.24, 2.45) is 0 Å². The molecule has 0 radical (unpaired) electrons. The molecule has 0 aliphatic heterocycles. The monoisotopic (exact) mass is 373 g/mol. The van der Waals surface area contributed by atoms with Crippen molar-refractivity contribution in [3.05, 3.63) is 63.1 Å². The molecule has 0 bridgehead atoms. The zero-order valence-electron chi connectivity index (χ0n) is 12.6. The lowest BCUT2D eigenvalue weighted by Gasteiger charge is -2.18. The first-order valence-electron chi connectivity index (χ1n) is 7.20. The molecular formula is C17H18Cl3NO2. The van der Waals surface area contributed by atoms with Crippen molar-refractivity contribution in [1.29, 1.82) is 0 Å². The molecule has 0 saturated heterocycles. The summed E-state index contributed by atoms with van der Waals surface area (Å²) in [7, 11) is 0. The maximum absolute atomic E-state index is 10.0. The lowest BCUT2D eigenvalue weighted by molar-refractivity contribution is 0.104. The molecule has 2 aromatic rings. The van der Waals surface area contributed by atoms with E-state index in [0.717, 1.165) is 5.56 Å². The molecule has 0 aliphatic carbocycles. The van der Waals surface area contributed by atoms with Gasteiger partial charge in [0.15, 0.2) is 0 Å². The summed E-state index contributed by atoms with van der Waals surface area (Å²) in [5.74, 6) is 0.459.